The summed E-state index contributed by atoms with van der Waals surface area (Å²) in [6.07, 6.45) is 8.15. The number of carbonyl (C=O) groups excluding carboxylic acids is 2. The Morgan fingerprint density at radius 2 is 1.34 bits per heavy atom. The Labute approximate surface area is 276 Å². The fourth-order valence-electron chi connectivity index (χ4n) is 5.05. The molecule has 1 aromatic heterocycles. The Hall–Kier alpha value is -3.95. The van der Waals surface area contributed by atoms with Crippen LogP contribution in [-0.2, 0) is 4.74 Å². The number of rotatable bonds is 20. The van der Waals surface area contributed by atoms with Gasteiger partial charge in [0.05, 0.1) is 30.1 Å². The smallest absolute Gasteiger partial charge is 0.425 e. The molecule has 0 radical (unpaired) electrons. The van der Waals surface area contributed by atoms with Crippen molar-refractivity contribution in [2.75, 3.05) is 6.61 Å². The molecule has 0 N–H and O–H groups in total. The fraction of sp³-hybridized carbons (Fsp3) is 0.514. The molecule has 10 heteroatoms. The summed E-state index contributed by atoms with van der Waals surface area (Å²) in [5.41, 5.74) is 1.28. The second-order valence-electron chi connectivity index (χ2n) is 11.8. The van der Waals surface area contributed by atoms with Gasteiger partial charge in [-0.25, -0.2) is 19.6 Å². The molecule has 7 nitrogen and oxygen atoms in total. The molecule has 2 aromatic carbocycles. The Balaban J connectivity index is 1.51. The average Bonchev–Trinajstić information content (AvgIpc) is 3.05. The number of alkyl halides is 3. The molecule has 0 fully saturated rings. The minimum atomic E-state index is -4.66. The molecule has 1 heterocycles. The van der Waals surface area contributed by atoms with Crippen molar-refractivity contribution < 1.29 is 37.0 Å². The van der Waals surface area contributed by atoms with Gasteiger partial charge in [-0.15, -0.1) is 0 Å². The van der Waals surface area contributed by atoms with Gasteiger partial charge in [0.15, 0.2) is 17.7 Å². The van der Waals surface area contributed by atoms with E-state index in [1.165, 1.54) is 43.9 Å². The van der Waals surface area contributed by atoms with Crippen LogP contribution < -0.4 is 9.47 Å². The van der Waals surface area contributed by atoms with Gasteiger partial charge in [0.1, 0.15) is 5.75 Å². The first-order chi connectivity index (χ1) is 22.6. The number of hydrogen-bond donors (Lipinski definition) is 0. The molecule has 0 saturated heterocycles. The van der Waals surface area contributed by atoms with Crippen molar-refractivity contribution in [2.24, 2.45) is 0 Å². The van der Waals surface area contributed by atoms with Gasteiger partial charge in [0.2, 0.25) is 0 Å². The Morgan fingerprint density at radius 3 is 1.94 bits per heavy atom. The zero-order chi connectivity index (χ0) is 34.1. The number of esters is 2. The number of carbonyl (C=O) groups is 2. The standard InChI is InChI=1S/C37H47F3N2O5/c1-4-6-8-10-12-14-16-33(37(38,39)40)47-36(44)32-22-21-30(24-27(32)3)46-35(43)29-19-17-28(18-20-29)34-41-25-31(26-42-34)45-23-15-13-11-9-7-5-2/h17-22,24-26,33H,4-16,23H2,1-3H3/t33-/m1/s1. The molecule has 1 atom stereocenters. The summed E-state index contributed by atoms with van der Waals surface area (Å²) < 4.78 is 56.8. The van der Waals surface area contributed by atoms with E-state index in [0.29, 0.717) is 42.1 Å². The fourth-order valence-corrected chi connectivity index (χ4v) is 5.05. The molecule has 256 valence electrons. The van der Waals surface area contributed by atoms with Gasteiger partial charge in [-0.3, -0.25) is 0 Å². The van der Waals surface area contributed by atoms with E-state index >= 15 is 0 Å². The summed E-state index contributed by atoms with van der Waals surface area (Å²) in [5, 5.41) is 0. The summed E-state index contributed by atoms with van der Waals surface area (Å²) in [4.78, 5) is 34.2. The molecular formula is C37H47F3N2O5. The normalized spacial score (nSPS) is 12.0. The largest absolute Gasteiger partial charge is 0.490 e. The Morgan fingerprint density at radius 1 is 0.745 bits per heavy atom. The summed E-state index contributed by atoms with van der Waals surface area (Å²) in [7, 11) is 0. The van der Waals surface area contributed by atoms with Crippen molar-refractivity contribution in [1.82, 2.24) is 9.97 Å². The number of benzene rings is 2. The lowest BCUT2D eigenvalue weighted by Gasteiger charge is -2.21. The molecule has 0 amide bonds. The SMILES string of the molecule is CCCCCCCCOc1cnc(-c2ccc(C(=O)Oc3ccc(C(=O)O[C@H](CCCCCCCC)C(F)(F)F)c(C)c3)cc2)nc1. The summed E-state index contributed by atoms with van der Waals surface area (Å²) in [6, 6.07) is 10.7. The maximum absolute atomic E-state index is 13.6. The number of hydrogen-bond acceptors (Lipinski definition) is 7. The molecule has 0 bridgehead atoms. The highest BCUT2D eigenvalue weighted by Gasteiger charge is 2.42. The third-order valence-corrected chi connectivity index (χ3v) is 7.84. The predicted octanol–water partition coefficient (Wildman–Crippen LogP) is 10.2. The first-order valence-corrected chi connectivity index (χ1v) is 16.8. The molecule has 0 unspecified atom stereocenters. The van der Waals surface area contributed by atoms with E-state index in [-0.39, 0.29) is 23.3 Å². The first-order valence-electron chi connectivity index (χ1n) is 16.8. The minimum Gasteiger partial charge on any atom is -0.490 e. The van der Waals surface area contributed by atoms with Crippen molar-refractivity contribution in [3.05, 3.63) is 71.5 Å². The van der Waals surface area contributed by atoms with Crippen LogP contribution in [-0.4, -0.2) is 40.8 Å². The molecule has 3 aromatic rings. The molecular weight excluding hydrogens is 609 g/mol. The number of halogens is 3. The third-order valence-electron chi connectivity index (χ3n) is 7.84. The highest BCUT2D eigenvalue weighted by molar-refractivity contribution is 5.93. The number of aryl methyl sites for hydroxylation is 1. The van der Waals surface area contributed by atoms with Crippen LogP contribution in [0.1, 0.15) is 124 Å². The number of unbranched alkanes of at least 4 members (excludes halogenated alkanes) is 10. The topological polar surface area (TPSA) is 87.6 Å². The van der Waals surface area contributed by atoms with Crippen LogP contribution >= 0.6 is 0 Å². The van der Waals surface area contributed by atoms with E-state index in [9.17, 15) is 22.8 Å². The summed E-state index contributed by atoms with van der Waals surface area (Å²) >= 11 is 0. The van der Waals surface area contributed by atoms with Crippen molar-refractivity contribution in [1.29, 1.82) is 0 Å². The predicted molar refractivity (Wildman–Crippen MR) is 176 cm³/mol. The zero-order valence-corrected chi connectivity index (χ0v) is 27.7. The van der Waals surface area contributed by atoms with Gasteiger partial charge in [0.25, 0.3) is 0 Å². The number of nitrogens with zero attached hydrogens (tertiary/aromatic N) is 2. The quantitative estimate of drug-likeness (QED) is 0.0679. The van der Waals surface area contributed by atoms with E-state index < -0.39 is 24.2 Å². The van der Waals surface area contributed by atoms with Gasteiger partial charge in [0, 0.05) is 5.56 Å². The maximum atomic E-state index is 13.6. The van der Waals surface area contributed by atoms with Crippen molar-refractivity contribution in [3.63, 3.8) is 0 Å². The first kappa shape index (κ1) is 37.5. The van der Waals surface area contributed by atoms with Crippen molar-refractivity contribution >= 4 is 11.9 Å². The van der Waals surface area contributed by atoms with Crippen LogP contribution in [0.2, 0.25) is 0 Å². The molecule has 47 heavy (non-hydrogen) atoms. The lowest BCUT2D eigenvalue weighted by molar-refractivity contribution is -0.206. The monoisotopic (exact) mass is 656 g/mol. The lowest BCUT2D eigenvalue weighted by Crippen LogP contribution is -2.34. The van der Waals surface area contributed by atoms with Crippen LogP contribution in [0, 0.1) is 6.92 Å². The van der Waals surface area contributed by atoms with Gasteiger partial charge in [-0.1, -0.05) is 90.2 Å². The van der Waals surface area contributed by atoms with Crippen LogP contribution in [0.5, 0.6) is 11.5 Å². The lowest BCUT2D eigenvalue weighted by atomic mass is 10.1. The van der Waals surface area contributed by atoms with E-state index in [1.54, 1.807) is 43.6 Å². The van der Waals surface area contributed by atoms with E-state index in [4.69, 9.17) is 14.2 Å². The second-order valence-corrected chi connectivity index (χ2v) is 11.8. The minimum absolute atomic E-state index is 0.0230. The average molecular weight is 657 g/mol. The van der Waals surface area contributed by atoms with E-state index in [2.05, 4.69) is 23.8 Å². The van der Waals surface area contributed by atoms with Crippen LogP contribution in [0.15, 0.2) is 54.9 Å². The molecule has 0 aliphatic heterocycles. The van der Waals surface area contributed by atoms with Gasteiger partial charge in [-0.05, 0) is 62.1 Å². The molecule has 0 aliphatic carbocycles. The Kier molecular flexibility index (Phi) is 15.7. The van der Waals surface area contributed by atoms with Crippen LogP contribution in [0.3, 0.4) is 0 Å². The second kappa shape index (κ2) is 19.7. The van der Waals surface area contributed by atoms with Crippen LogP contribution in [0.25, 0.3) is 11.4 Å². The third kappa shape index (κ3) is 13.0. The summed E-state index contributed by atoms with van der Waals surface area (Å²) in [5.74, 6) is -0.474. The van der Waals surface area contributed by atoms with Gasteiger partial charge < -0.3 is 14.2 Å². The van der Waals surface area contributed by atoms with Gasteiger partial charge in [-0.2, -0.15) is 13.2 Å². The molecule has 3 rings (SSSR count). The molecule has 0 aliphatic rings. The number of aromatic nitrogens is 2. The van der Waals surface area contributed by atoms with Crippen molar-refractivity contribution in [2.45, 2.75) is 117 Å². The van der Waals surface area contributed by atoms with E-state index in [0.717, 1.165) is 38.5 Å². The maximum Gasteiger partial charge on any atom is 0.425 e. The molecule has 0 spiro atoms. The summed E-state index contributed by atoms with van der Waals surface area (Å²) in [6.45, 7) is 6.43. The number of ether oxygens (including phenoxy) is 3. The van der Waals surface area contributed by atoms with Crippen LogP contribution in [0.4, 0.5) is 13.2 Å². The highest BCUT2D eigenvalue weighted by atomic mass is 19.4. The highest BCUT2D eigenvalue weighted by Crippen LogP contribution is 2.29. The van der Waals surface area contributed by atoms with E-state index in [1.807, 2.05) is 0 Å². The van der Waals surface area contributed by atoms with Crippen molar-refractivity contribution in [3.8, 4) is 22.9 Å². The molecule has 0 saturated carbocycles. The zero-order valence-electron chi connectivity index (χ0n) is 27.7. The Bertz CT molecular complexity index is 1380. The van der Waals surface area contributed by atoms with Gasteiger partial charge >= 0.3 is 18.1 Å².